The van der Waals surface area contributed by atoms with Gasteiger partial charge in [-0.3, -0.25) is 14.9 Å². The lowest BCUT2D eigenvalue weighted by molar-refractivity contribution is -0.384. The van der Waals surface area contributed by atoms with Crippen LogP contribution in [0, 0.1) is 10.1 Å². The number of nitrogens with one attached hydrogen (secondary N) is 2. The lowest BCUT2D eigenvalue weighted by Crippen LogP contribution is -2.32. The highest BCUT2D eigenvalue weighted by atomic mass is 35.5. The van der Waals surface area contributed by atoms with Gasteiger partial charge in [-0.05, 0) is 36.2 Å². The first-order chi connectivity index (χ1) is 12.2. The summed E-state index contributed by atoms with van der Waals surface area (Å²) in [6.45, 7) is 1.48. The second-order valence-electron chi connectivity index (χ2n) is 5.29. The third-order valence-electron chi connectivity index (χ3n) is 3.49. The summed E-state index contributed by atoms with van der Waals surface area (Å²) in [6.07, 6.45) is 0.862. The summed E-state index contributed by atoms with van der Waals surface area (Å²) >= 11 is 5.66. The van der Waals surface area contributed by atoms with Gasteiger partial charge in [0.15, 0.2) is 0 Å². The van der Waals surface area contributed by atoms with Crippen LogP contribution < -0.4 is 10.0 Å². The molecular weight excluding hydrogens is 382 g/mol. The van der Waals surface area contributed by atoms with E-state index in [2.05, 4.69) is 10.0 Å². The Morgan fingerprint density at radius 1 is 1.19 bits per heavy atom. The molecule has 0 heterocycles. The number of benzene rings is 2. The summed E-state index contributed by atoms with van der Waals surface area (Å²) in [4.78, 5) is 21.6. The molecule has 0 saturated heterocycles. The fraction of sp³-hybridized carbons (Fsp3) is 0.188. The van der Waals surface area contributed by atoms with Crippen molar-refractivity contribution in [3.8, 4) is 0 Å². The van der Waals surface area contributed by atoms with Crippen LogP contribution in [-0.2, 0) is 21.2 Å². The predicted octanol–water partition coefficient (Wildman–Crippen LogP) is 2.73. The zero-order valence-electron chi connectivity index (χ0n) is 13.7. The highest BCUT2D eigenvalue weighted by Crippen LogP contribution is 2.26. The van der Waals surface area contributed by atoms with E-state index in [1.165, 1.54) is 0 Å². The molecule has 0 spiro atoms. The molecule has 10 heteroatoms. The number of carbonyl (C=O) groups is 1. The summed E-state index contributed by atoms with van der Waals surface area (Å²) in [7, 11) is -4.10. The Morgan fingerprint density at radius 3 is 2.42 bits per heavy atom. The Hall–Kier alpha value is -2.49. The van der Waals surface area contributed by atoms with Crippen LogP contribution >= 0.6 is 11.6 Å². The third-order valence-corrected chi connectivity index (χ3v) is 5.21. The van der Waals surface area contributed by atoms with Gasteiger partial charge in [-0.15, -0.1) is 0 Å². The van der Waals surface area contributed by atoms with E-state index in [1.54, 1.807) is 12.1 Å². The van der Waals surface area contributed by atoms with E-state index >= 15 is 0 Å². The second-order valence-corrected chi connectivity index (χ2v) is 7.47. The van der Waals surface area contributed by atoms with Crippen molar-refractivity contribution in [2.45, 2.75) is 18.2 Å². The van der Waals surface area contributed by atoms with Crippen LogP contribution in [0.3, 0.4) is 0 Å². The van der Waals surface area contributed by atoms with Crippen LogP contribution in [-0.4, -0.2) is 25.8 Å². The zero-order valence-corrected chi connectivity index (χ0v) is 15.3. The first-order valence-electron chi connectivity index (χ1n) is 7.55. The number of hydrogen-bond acceptors (Lipinski definition) is 5. The van der Waals surface area contributed by atoms with Crippen molar-refractivity contribution in [1.29, 1.82) is 0 Å². The fourth-order valence-electron chi connectivity index (χ4n) is 2.07. The van der Waals surface area contributed by atoms with Gasteiger partial charge >= 0.3 is 0 Å². The van der Waals surface area contributed by atoms with Crippen LogP contribution in [0.15, 0.2) is 47.4 Å². The van der Waals surface area contributed by atoms with Crippen molar-refractivity contribution < 1.29 is 18.1 Å². The van der Waals surface area contributed by atoms with E-state index < -0.39 is 33.1 Å². The average molecular weight is 398 g/mol. The third kappa shape index (κ3) is 5.01. The van der Waals surface area contributed by atoms with Crippen molar-refractivity contribution in [2.75, 3.05) is 11.9 Å². The van der Waals surface area contributed by atoms with Gasteiger partial charge in [0, 0.05) is 11.8 Å². The highest BCUT2D eigenvalue weighted by molar-refractivity contribution is 7.89. The normalized spacial score (nSPS) is 11.2. The van der Waals surface area contributed by atoms with Crippen molar-refractivity contribution in [1.82, 2.24) is 4.72 Å². The Labute approximate surface area is 155 Å². The minimum absolute atomic E-state index is 0.179. The maximum Gasteiger partial charge on any atom is 0.289 e. The van der Waals surface area contributed by atoms with Gasteiger partial charge in [-0.25, -0.2) is 13.1 Å². The van der Waals surface area contributed by atoms with Gasteiger partial charge in [-0.2, -0.15) is 0 Å². The number of amides is 1. The Bertz CT molecular complexity index is 929. The summed E-state index contributed by atoms with van der Waals surface area (Å²) in [5, 5.41) is 13.2. The highest BCUT2D eigenvalue weighted by Gasteiger charge is 2.21. The van der Waals surface area contributed by atoms with Crippen LogP contribution in [0.1, 0.15) is 12.5 Å². The standard InChI is InChI=1S/C16H16ClN3O5S/c1-2-11-3-5-12(6-4-11)19-16(21)10-18-26(24,25)13-7-8-14(17)15(9-13)20(22)23/h3-9,18H,2,10H2,1H3,(H,19,21). The molecule has 26 heavy (non-hydrogen) atoms. The van der Waals surface area contributed by atoms with Crippen molar-refractivity contribution in [3.05, 3.63) is 63.2 Å². The van der Waals surface area contributed by atoms with Gasteiger partial charge in [0.2, 0.25) is 15.9 Å². The van der Waals surface area contributed by atoms with Crippen LogP contribution in [0.5, 0.6) is 0 Å². The molecule has 2 aromatic carbocycles. The summed E-state index contributed by atoms with van der Waals surface area (Å²) < 4.78 is 26.5. The van der Waals surface area contributed by atoms with Crippen LogP contribution in [0.4, 0.5) is 11.4 Å². The molecular formula is C16H16ClN3O5S. The SMILES string of the molecule is CCc1ccc(NC(=O)CNS(=O)(=O)c2ccc(Cl)c([N+](=O)[O-])c2)cc1. The van der Waals surface area contributed by atoms with E-state index in [0.717, 1.165) is 30.2 Å². The summed E-state index contributed by atoms with van der Waals surface area (Å²) in [6, 6.07) is 10.2. The lowest BCUT2D eigenvalue weighted by Gasteiger charge is -2.08. The molecule has 2 rings (SSSR count). The number of carbonyl (C=O) groups excluding carboxylic acids is 1. The molecule has 1 amide bonds. The fourth-order valence-corrected chi connectivity index (χ4v) is 3.26. The molecule has 0 aliphatic rings. The molecule has 0 bridgehead atoms. The number of nitro benzene ring substituents is 1. The molecule has 2 N–H and O–H groups in total. The molecule has 0 atom stereocenters. The Morgan fingerprint density at radius 2 is 1.85 bits per heavy atom. The van der Waals surface area contributed by atoms with Crippen molar-refractivity contribution in [3.63, 3.8) is 0 Å². The quantitative estimate of drug-likeness (QED) is 0.550. The van der Waals surface area contributed by atoms with Gasteiger partial charge in [0.1, 0.15) is 5.02 Å². The topological polar surface area (TPSA) is 118 Å². The van der Waals surface area contributed by atoms with Gasteiger partial charge in [0.25, 0.3) is 5.69 Å². The smallest absolute Gasteiger partial charge is 0.289 e. The summed E-state index contributed by atoms with van der Waals surface area (Å²) in [5.74, 6) is -0.568. The first kappa shape index (κ1) is 19.8. The molecule has 0 saturated carbocycles. The van der Waals surface area contributed by atoms with E-state index in [9.17, 15) is 23.3 Å². The predicted molar refractivity (Wildman–Crippen MR) is 97.7 cm³/mol. The number of aryl methyl sites for hydroxylation is 1. The number of hydrogen-bond donors (Lipinski definition) is 2. The number of halogens is 1. The van der Waals surface area contributed by atoms with Crippen LogP contribution in [0.2, 0.25) is 5.02 Å². The van der Waals surface area contributed by atoms with E-state index in [4.69, 9.17) is 11.6 Å². The van der Waals surface area contributed by atoms with Crippen molar-refractivity contribution >= 4 is 38.9 Å². The monoisotopic (exact) mass is 397 g/mol. The first-order valence-corrected chi connectivity index (χ1v) is 9.41. The molecule has 2 aromatic rings. The van der Waals surface area contributed by atoms with Gasteiger partial charge < -0.3 is 5.32 Å². The molecule has 0 aromatic heterocycles. The summed E-state index contributed by atoms with van der Waals surface area (Å²) in [5.41, 5.74) is 1.11. The molecule has 0 unspecified atom stereocenters. The van der Waals surface area contributed by atoms with Gasteiger partial charge in [-0.1, -0.05) is 30.7 Å². The lowest BCUT2D eigenvalue weighted by atomic mass is 10.1. The maximum absolute atomic E-state index is 12.2. The number of rotatable bonds is 7. The molecule has 0 aliphatic heterocycles. The average Bonchev–Trinajstić information content (AvgIpc) is 2.60. The maximum atomic E-state index is 12.2. The Balaban J connectivity index is 2.04. The van der Waals surface area contributed by atoms with E-state index in [0.29, 0.717) is 5.69 Å². The van der Waals surface area contributed by atoms with E-state index in [-0.39, 0.29) is 9.92 Å². The minimum Gasteiger partial charge on any atom is -0.325 e. The molecule has 0 aliphatic carbocycles. The molecule has 0 fully saturated rings. The zero-order chi connectivity index (χ0) is 19.3. The number of nitro groups is 1. The van der Waals surface area contributed by atoms with E-state index in [1.807, 2.05) is 19.1 Å². The second kappa shape index (κ2) is 8.26. The van der Waals surface area contributed by atoms with Crippen LogP contribution in [0.25, 0.3) is 0 Å². The number of sulfonamides is 1. The number of nitrogens with zero attached hydrogens (tertiary/aromatic N) is 1. The molecule has 8 nitrogen and oxygen atoms in total. The largest absolute Gasteiger partial charge is 0.325 e. The van der Waals surface area contributed by atoms with Gasteiger partial charge in [0.05, 0.1) is 16.4 Å². The molecule has 0 radical (unpaired) electrons. The number of anilines is 1. The molecule has 138 valence electrons. The Kier molecular flexibility index (Phi) is 6.30. The van der Waals surface area contributed by atoms with Crippen molar-refractivity contribution in [2.24, 2.45) is 0 Å². The minimum atomic E-state index is -4.10.